The molecule has 0 aromatic carbocycles. The summed E-state index contributed by atoms with van der Waals surface area (Å²) in [6, 6.07) is 2.45. The van der Waals surface area contributed by atoms with Crippen LogP contribution in [0, 0.1) is 12.3 Å². The Morgan fingerprint density at radius 2 is 2.00 bits per heavy atom. The van der Waals surface area contributed by atoms with Gasteiger partial charge in [-0.15, -0.1) is 0 Å². The normalized spacial score (nSPS) is 13.4. The first-order valence-corrected chi connectivity index (χ1v) is 7.15. The third kappa shape index (κ3) is 5.19. The van der Waals surface area contributed by atoms with Crippen LogP contribution < -0.4 is 10.6 Å². The summed E-state index contributed by atoms with van der Waals surface area (Å²) in [4.78, 5) is 6.86. The van der Waals surface area contributed by atoms with Crippen LogP contribution in [0.4, 0.5) is 5.82 Å². The Morgan fingerprint density at radius 3 is 2.47 bits per heavy atom. The molecule has 1 rings (SSSR count). The standard InChI is InChI=1S/C16H29N3/c1-7-14(17)9-13-8-12(2)15(18-10-13)19(6)11-16(3,4)5/h8,10,14H,7,9,11,17H2,1-6H3. The van der Waals surface area contributed by atoms with Crippen LogP contribution in [0.5, 0.6) is 0 Å². The van der Waals surface area contributed by atoms with Crippen LogP contribution in [0.15, 0.2) is 12.3 Å². The summed E-state index contributed by atoms with van der Waals surface area (Å²) in [6.07, 6.45) is 3.88. The highest BCUT2D eigenvalue weighted by atomic mass is 15.2. The zero-order valence-electron chi connectivity index (χ0n) is 13.3. The molecule has 0 spiro atoms. The minimum absolute atomic E-state index is 0.236. The lowest BCUT2D eigenvalue weighted by molar-refractivity contribution is 0.417. The summed E-state index contributed by atoms with van der Waals surface area (Å²) in [5.74, 6) is 1.07. The molecule has 3 nitrogen and oxygen atoms in total. The number of hydrogen-bond acceptors (Lipinski definition) is 3. The van der Waals surface area contributed by atoms with Crippen molar-refractivity contribution in [3.05, 3.63) is 23.4 Å². The predicted molar refractivity (Wildman–Crippen MR) is 83.7 cm³/mol. The van der Waals surface area contributed by atoms with Crippen molar-refractivity contribution in [2.45, 2.75) is 53.5 Å². The Hall–Kier alpha value is -1.09. The second-order valence-corrected chi connectivity index (χ2v) is 6.77. The Morgan fingerprint density at radius 1 is 1.37 bits per heavy atom. The first-order valence-electron chi connectivity index (χ1n) is 7.15. The molecular weight excluding hydrogens is 234 g/mol. The average Bonchev–Trinajstić information content (AvgIpc) is 2.26. The highest BCUT2D eigenvalue weighted by Crippen LogP contribution is 2.22. The number of hydrogen-bond donors (Lipinski definition) is 1. The average molecular weight is 263 g/mol. The van der Waals surface area contributed by atoms with Crippen molar-refractivity contribution in [1.29, 1.82) is 0 Å². The Balaban J connectivity index is 2.82. The van der Waals surface area contributed by atoms with Gasteiger partial charge in [0.2, 0.25) is 0 Å². The largest absolute Gasteiger partial charge is 0.359 e. The van der Waals surface area contributed by atoms with Crippen LogP contribution in [0.3, 0.4) is 0 Å². The number of rotatable bonds is 5. The van der Waals surface area contributed by atoms with Gasteiger partial charge in [0.05, 0.1) is 0 Å². The second kappa shape index (κ2) is 6.38. The lowest BCUT2D eigenvalue weighted by Gasteiger charge is -2.28. The molecule has 0 radical (unpaired) electrons. The van der Waals surface area contributed by atoms with Crippen LogP contribution in [-0.2, 0) is 6.42 Å². The first-order chi connectivity index (χ1) is 8.73. The molecule has 0 saturated carbocycles. The van der Waals surface area contributed by atoms with Gasteiger partial charge in [-0.3, -0.25) is 0 Å². The third-order valence-corrected chi connectivity index (χ3v) is 3.20. The molecule has 0 amide bonds. The van der Waals surface area contributed by atoms with E-state index in [1.54, 1.807) is 0 Å². The SMILES string of the molecule is CCC(N)Cc1cnc(N(C)CC(C)(C)C)c(C)c1. The topological polar surface area (TPSA) is 42.1 Å². The third-order valence-electron chi connectivity index (χ3n) is 3.20. The number of aromatic nitrogens is 1. The quantitative estimate of drug-likeness (QED) is 0.887. The minimum atomic E-state index is 0.236. The Labute approximate surface area is 118 Å². The minimum Gasteiger partial charge on any atom is -0.359 e. The van der Waals surface area contributed by atoms with Crippen molar-refractivity contribution in [3.63, 3.8) is 0 Å². The van der Waals surface area contributed by atoms with E-state index in [1.165, 1.54) is 11.1 Å². The van der Waals surface area contributed by atoms with Gasteiger partial charge in [-0.1, -0.05) is 33.8 Å². The number of nitrogens with two attached hydrogens (primary N) is 1. The number of anilines is 1. The molecule has 0 aliphatic carbocycles. The maximum atomic E-state index is 6.00. The van der Waals surface area contributed by atoms with Crippen LogP contribution >= 0.6 is 0 Å². The van der Waals surface area contributed by atoms with Crippen molar-refractivity contribution in [3.8, 4) is 0 Å². The van der Waals surface area contributed by atoms with Crippen LogP contribution in [0.1, 0.15) is 45.2 Å². The maximum absolute atomic E-state index is 6.00. The van der Waals surface area contributed by atoms with Crippen LogP contribution in [0.2, 0.25) is 0 Å². The van der Waals surface area contributed by atoms with E-state index in [0.29, 0.717) is 0 Å². The highest BCUT2D eigenvalue weighted by Gasteiger charge is 2.16. The molecule has 0 bridgehead atoms. The molecule has 0 fully saturated rings. The van der Waals surface area contributed by atoms with E-state index in [1.807, 2.05) is 6.20 Å². The van der Waals surface area contributed by atoms with Crippen molar-refractivity contribution in [1.82, 2.24) is 4.98 Å². The lowest BCUT2D eigenvalue weighted by atomic mass is 9.96. The summed E-state index contributed by atoms with van der Waals surface area (Å²) in [6.45, 7) is 12.0. The summed E-state index contributed by atoms with van der Waals surface area (Å²) < 4.78 is 0. The van der Waals surface area contributed by atoms with Gasteiger partial charge in [0.25, 0.3) is 0 Å². The molecule has 1 aromatic heterocycles. The summed E-state index contributed by atoms with van der Waals surface area (Å²) >= 11 is 0. The van der Waals surface area contributed by atoms with Gasteiger partial charge in [-0.2, -0.15) is 0 Å². The molecule has 2 N–H and O–H groups in total. The monoisotopic (exact) mass is 263 g/mol. The van der Waals surface area contributed by atoms with E-state index in [-0.39, 0.29) is 11.5 Å². The van der Waals surface area contributed by atoms with Crippen molar-refractivity contribution in [2.24, 2.45) is 11.1 Å². The van der Waals surface area contributed by atoms with Crippen LogP contribution in [0.25, 0.3) is 0 Å². The van der Waals surface area contributed by atoms with Gasteiger partial charge < -0.3 is 10.6 Å². The number of aryl methyl sites for hydroxylation is 1. The molecule has 1 aromatic rings. The van der Waals surface area contributed by atoms with E-state index in [2.05, 4.69) is 57.6 Å². The highest BCUT2D eigenvalue weighted by molar-refractivity contribution is 5.47. The second-order valence-electron chi connectivity index (χ2n) is 6.77. The molecule has 0 aliphatic rings. The maximum Gasteiger partial charge on any atom is 0.131 e. The molecule has 3 heteroatoms. The van der Waals surface area contributed by atoms with Gasteiger partial charge in [-0.25, -0.2) is 4.98 Å². The molecule has 108 valence electrons. The van der Waals surface area contributed by atoms with Crippen LogP contribution in [-0.4, -0.2) is 24.6 Å². The van der Waals surface area contributed by atoms with E-state index in [0.717, 1.165) is 25.2 Å². The summed E-state index contributed by atoms with van der Waals surface area (Å²) in [7, 11) is 2.11. The van der Waals surface area contributed by atoms with Crippen molar-refractivity contribution < 1.29 is 0 Å². The Bertz CT molecular complexity index is 407. The smallest absolute Gasteiger partial charge is 0.131 e. The zero-order valence-corrected chi connectivity index (χ0v) is 13.3. The molecule has 1 atom stereocenters. The fraction of sp³-hybridized carbons (Fsp3) is 0.688. The van der Waals surface area contributed by atoms with Gasteiger partial charge in [0.15, 0.2) is 0 Å². The zero-order chi connectivity index (χ0) is 14.6. The molecule has 1 heterocycles. The van der Waals surface area contributed by atoms with E-state index in [9.17, 15) is 0 Å². The van der Waals surface area contributed by atoms with E-state index in [4.69, 9.17) is 5.73 Å². The van der Waals surface area contributed by atoms with Gasteiger partial charge in [0.1, 0.15) is 5.82 Å². The van der Waals surface area contributed by atoms with Gasteiger partial charge in [0, 0.05) is 25.8 Å². The van der Waals surface area contributed by atoms with E-state index >= 15 is 0 Å². The first kappa shape index (κ1) is 16.0. The molecule has 19 heavy (non-hydrogen) atoms. The van der Waals surface area contributed by atoms with E-state index < -0.39 is 0 Å². The van der Waals surface area contributed by atoms with Gasteiger partial charge >= 0.3 is 0 Å². The number of nitrogens with zero attached hydrogens (tertiary/aromatic N) is 2. The molecule has 0 aliphatic heterocycles. The van der Waals surface area contributed by atoms with Crippen molar-refractivity contribution >= 4 is 5.82 Å². The fourth-order valence-corrected chi connectivity index (χ4v) is 2.37. The molecular formula is C16H29N3. The predicted octanol–water partition coefficient (Wildman–Crippen LogP) is 3.15. The van der Waals surface area contributed by atoms with Gasteiger partial charge in [-0.05, 0) is 36.3 Å². The lowest BCUT2D eigenvalue weighted by Crippen LogP contribution is -2.30. The molecule has 0 saturated heterocycles. The molecule has 1 unspecified atom stereocenters. The Kier molecular flexibility index (Phi) is 5.36. The number of pyridine rings is 1. The van der Waals surface area contributed by atoms with Crippen molar-refractivity contribution in [2.75, 3.05) is 18.5 Å². The fourth-order valence-electron chi connectivity index (χ4n) is 2.37. The summed E-state index contributed by atoms with van der Waals surface area (Å²) in [5, 5.41) is 0. The summed E-state index contributed by atoms with van der Waals surface area (Å²) in [5.41, 5.74) is 8.73.